The van der Waals surface area contributed by atoms with Crippen molar-refractivity contribution in [2.75, 3.05) is 7.11 Å². The monoisotopic (exact) mass is 266 g/mol. The van der Waals surface area contributed by atoms with E-state index < -0.39 is 12.1 Å². The fraction of sp³-hybridized carbons (Fsp3) is 0.500. The molecule has 1 unspecified atom stereocenters. The van der Waals surface area contributed by atoms with Crippen LogP contribution in [0.3, 0.4) is 0 Å². The average molecular weight is 266 g/mol. The predicted octanol–water partition coefficient (Wildman–Crippen LogP) is -0.437. The third kappa shape index (κ3) is 3.13. The van der Waals surface area contributed by atoms with Gasteiger partial charge < -0.3 is 9.84 Å². The molecular weight excluding hydrogens is 252 g/mol. The fourth-order valence-corrected chi connectivity index (χ4v) is 1.68. The van der Waals surface area contributed by atoms with Gasteiger partial charge in [0.05, 0.1) is 30.8 Å². The van der Waals surface area contributed by atoms with Crippen LogP contribution in [0.1, 0.15) is 6.42 Å². The van der Waals surface area contributed by atoms with Crippen molar-refractivity contribution < 1.29 is 14.6 Å². The van der Waals surface area contributed by atoms with Crippen molar-refractivity contribution in [2.24, 2.45) is 7.05 Å². The van der Waals surface area contributed by atoms with Gasteiger partial charge in [-0.05, 0) is 10.4 Å². The summed E-state index contributed by atoms with van der Waals surface area (Å²) in [6.07, 6.45) is 2.82. The highest BCUT2D eigenvalue weighted by Gasteiger charge is 2.17. The molecule has 0 saturated heterocycles. The molecule has 9 heteroatoms. The first kappa shape index (κ1) is 13.1. The zero-order valence-electron chi connectivity index (χ0n) is 10.6. The molecule has 0 bridgehead atoms. The Bertz CT molecular complexity index is 563. The van der Waals surface area contributed by atoms with Crippen LogP contribution in [0, 0.1) is 0 Å². The van der Waals surface area contributed by atoms with Gasteiger partial charge in [-0.2, -0.15) is 5.10 Å². The number of hydrogen-bond donors (Lipinski definition) is 1. The van der Waals surface area contributed by atoms with Crippen molar-refractivity contribution in [1.82, 2.24) is 30.0 Å². The average Bonchev–Trinajstić information content (AvgIpc) is 2.96. The number of aromatic nitrogens is 6. The minimum atomic E-state index is -0.928. The number of carbonyl (C=O) groups is 1. The quantitative estimate of drug-likeness (QED) is 0.755. The van der Waals surface area contributed by atoms with Crippen LogP contribution in [0.5, 0.6) is 0 Å². The van der Waals surface area contributed by atoms with E-state index in [-0.39, 0.29) is 13.0 Å². The van der Waals surface area contributed by atoms with Gasteiger partial charge in [-0.15, -0.1) is 5.10 Å². The molecule has 0 amide bonds. The van der Waals surface area contributed by atoms with Crippen molar-refractivity contribution in [3.05, 3.63) is 12.4 Å². The molecule has 0 fully saturated rings. The van der Waals surface area contributed by atoms with E-state index in [1.54, 1.807) is 24.1 Å². The molecule has 2 rings (SSSR count). The van der Waals surface area contributed by atoms with Crippen LogP contribution in [0.4, 0.5) is 0 Å². The first-order valence-corrected chi connectivity index (χ1v) is 5.60. The van der Waals surface area contributed by atoms with Gasteiger partial charge in [0.1, 0.15) is 0 Å². The number of tetrazole rings is 1. The van der Waals surface area contributed by atoms with E-state index in [9.17, 15) is 4.79 Å². The maximum atomic E-state index is 10.7. The molecule has 2 aromatic heterocycles. The largest absolute Gasteiger partial charge is 0.481 e. The van der Waals surface area contributed by atoms with Crippen molar-refractivity contribution in [3.63, 3.8) is 0 Å². The van der Waals surface area contributed by atoms with Crippen LogP contribution < -0.4 is 0 Å². The predicted molar refractivity (Wildman–Crippen MR) is 63.1 cm³/mol. The van der Waals surface area contributed by atoms with E-state index >= 15 is 0 Å². The number of hydrogen-bond acceptors (Lipinski definition) is 6. The lowest BCUT2D eigenvalue weighted by atomic mass is 10.2. The fourth-order valence-electron chi connectivity index (χ4n) is 1.68. The summed E-state index contributed by atoms with van der Waals surface area (Å²) in [4.78, 5) is 10.7. The maximum absolute atomic E-state index is 10.7. The number of carboxylic acid groups (broad SMARTS) is 1. The van der Waals surface area contributed by atoms with Crippen LogP contribution in [0.15, 0.2) is 12.4 Å². The number of rotatable bonds is 6. The molecular formula is C10H14N6O3. The molecule has 0 saturated carbocycles. The van der Waals surface area contributed by atoms with Crippen molar-refractivity contribution in [2.45, 2.75) is 19.1 Å². The Balaban J connectivity index is 2.17. The van der Waals surface area contributed by atoms with Gasteiger partial charge in [-0.1, -0.05) is 0 Å². The molecule has 0 aliphatic carbocycles. The van der Waals surface area contributed by atoms with E-state index in [4.69, 9.17) is 9.84 Å². The summed E-state index contributed by atoms with van der Waals surface area (Å²) in [5.41, 5.74) is 0.762. The number of nitrogens with zero attached hydrogens (tertiary/aromatic N) is 6. The Kier molecular flexibility index (Phi) is 3.85. The topological polar surface area (TPSA) is 108 Å². The highest BCUT2D eigenvalue weighted by molar-refractivity contribution is 5.67. The summed E-state index contributed by atoms with van der Waals surface area (Å²) in [7, 11) is 3.25. The molecule has 1 N–H and O–H groups in total. The Morgan fingerprint density at radius 1 is 1.58 bits per heavy atom. The summed E-state index contributed by atoms with van der Waals surface area (Å²) < 4.78 is 8.26. The second-order valence-corrected chi connectivity index (χ2v) is 4.04. The summed E-state index contributed by atoms with van der Waals surface area (Å²) in [5.74, 6) is -0.400. The molecule has 2 aromatic rings. The minimum Gasteiger partial charge on any atom is -0.481 e. The molecule has 0 aliphatic rings. The van der Waals surface area contributed by atoms with E-state index in [0.29, 0.717) is 5.82 Å². The Labute approximate surface area is 108 Å². The second kappa shape index (κ2) is 5.57. The molecule has 19 heavy (non-hydrogen) atoms. The number of aliphatic carboxylic acids is 1. The van der Waals surface area contributed by atoms with E-state index in [2.05, 4.69) is 20.6 Å². The van der Waals surface area contributed by atoms with Crippen molar-refractivity contribution in [3.8, 4) is 11.4 Å². The van der Waals surface area contributed by atoms with Crippen LogP contribution in [-0.2, 0) is 23.1 Å². The second-order valence-electron chi connectivity index (χ2n) is 4.04. The molecule has 9 nitrogen and oxygen atoms in total. The van der Waals surface area contributed by atoms with Crippen LogP contribution in [0.2, 0.25) is 0 Å². The third-order valence-electron chi connectivity index (χ3n) is 2.61. The van der Waals surface area contributed by atoms with Crippen LogP contribution in [0.25, 0.3) is 11.4 Å². The van der Waals surface area contributed by atoms with E-state index in [0.717, 1.165) is 5.56 Å². The standard InChI is InChI=1S/C10H14N6O3/c1-15-5-7(4-11-15)10-12-13-14-16(10)6-8(19-2)3-9(17)18/h4-5,8H,3,6H2,1-2H3,(H,17,18). The van der Waals surface area contributed by atoms with Crippen molar-refractivity contribution >= 4 is 5.97 Å². The minimum absolute atomic E-state index is 0.108. The molecule has 0 aromatic carbocycles. The van der Waals surface area contributed by atoms with Gasteiger partial charge in [0.15, 0.2) is 5.82 Å². The molecule has 0 aliphatic heterocycles. The number of ether oxygens (including phenoxy) is 1. The van der Waals surface area contributed by atoms with Gasteiger partial charge in [-0.3, -0.25) is 9.48 Å². The van der Waals surface area contributed by atoms with Gasteiger partial charge in [0.2, 0.25) is 0 Å². The Morgan fingerprint density at radius 2 is 2.37 bits per heavy atom. The highest BCUT2D eigenvalue weighted by atomic mass is 16.5. The lowest BCUT2D eigenvalue weighted by molar-refractivity contribution is -0.139. The summed E-state index contributed by atoms with van der Waals surface area (Å²) in [6.45, 7) is 0.264. The van der Waals surface area contributed by atoms with Gasteiger partial charge in [-0.25, -0.2) is 4.68 Å². The molecule has 0 spiro atoms. The number of carboxylic acids is 1. The Hall–Kier alpha value is -2.29. The van der Waals surface area contributed by atoms with Gasteiger partial charge >= 0.3 is 5.97 Å². The first-order valence-electron chi connectivity index (χ1n) is 5.60. The smallest absolute Gasteiger partial charge is 0.306 e. The maximum Gasteiger partial charge on any atom is 0.306 e. The summed E-state index contributed by atoms with van der Waals surface area (Å²) >= 11 is 0. The Morgan fingerprint density at radius 3 is 2.95 bits per heavy atom. The molecule has 1 atom stereocenters. The third-order valence-corrected chi connectivity index (χ3v) is 2.61. The van der Waals surface area contributed by atoms with Gasteiger partial charge in [0.25, 0.3) is 0 Å². The molecule has 0 radical (unpaired) electrons. The lowest BCUT2D eigenvalue weighted by Gasteiger charge is -2.13. The van der Waals surface area contributed by atoms with Gasteiger partial charge in [0, 0.05) is 20.4 Å². The summed E-state index contributed by atoms with van der Waals surface area (Å²) in [6, 6.07) is 0. The first-order chi connectivity index (χ1) is 9.10. The SMILES string of the molecule is COC(CC(=O)O)Cn1nnnc1-c1cnn(C)c1. The van der Waals surface area contributed by atoms with E-state index in [1.807, 2.05) is 0 Å². The molecule has 102 valence electrons. The number of aryl methyl sites for hydroxylation is 1. The highest BCUT2D eigenvalue weighted by Crippen LogP contribution is 2.15. The number of methoxy groups -OCH3 is 1. The molecule has 2 heterocycles. The van der Waals surface area contributed by atoms with Crippen LogP contribution in [-0.4, -0.2) is 54.3 Å². The van der Waals surface area contributed by atoms with E-state index in [1.165, 1.54) is 11.8 Å². The van der Waals surface area contributed by atoms with Crippen molar-refractivity contribution in [1.29, 1.82) is 0 Å². The zero-order valence-corrected chi connectivity index (χ0v) is 10.6. The summed E-state index contributed by atoms with van der Waals surface area (Å²) in [5, 5.41) is 24.2. The normalized spacial score (nSPS) is 12.5. The lowest BCUT2D eigenvalue weighted by Crippen LogP contribution is -2.23. The van der Waals surface area contributed by atoms with Crippen LogP contribution >= 0.6 is 0 Å². The zero-order chi connectivity index (χ0) is 13.8.